The Morgan fingerprint density at radius 3 is 2.67 bits per heavy atom. The summed E-state index contributed by atoms with van der Waals surface area (Å²) < 4.78 is 11.4. The van der Waals surface area contributed by atoms with Gasteiger partial charge in [-0.15, -0.1) is 0 Å². The Balaban J connectivity index is 2.94. The van der Waals surface area contributed by atoms with E-state index >= 15 is 0 Å². The molecule has 1 atom stereocenters. The van der Waals surface area contributed by atoms with Crippen molar-refractivity contribution < 1.29 is 14.3 Å². The minimum absolute atomic E-state index is 0.452. The summed E-state index contributed by atoms with van der Waals surface area (Å²) in [5, 5.41) is 3.25. The molecule has 1 aromatic carbocycles. The smallest absolute Gasteiger partial charge is 0.258 e. The quantitative estimate of drug-likeness (QED) is 0.694. The standard InChI is InChI=1S/C16H26N2O3/c1-4-9-20-13-8-7-12(11-18-6-3)15(10-13)21-14(5-2)16(17)19/h7-8,10,14,18H,4-6,9,11H2,1-3H3,(H2,17,19). The maximum absolute atomic E-state index is 11.4. The lowest BCUT2D eigenvalue weighted by atomic mass is 10.1. The number of hydrogen-bond acceptors (Lipinski definition) is 4. The number of nitrogens with one attached hydrogen (secondary N) is 1. The topological polar surface area (TPSA) is 73.6 Å². The number of hydrogen-bond donors (Lipinski definition) is 2. The third-order valence-corrected chi connectivity index (χ3v) is 3.03. The molecule has 118 valence electrons. The van der Waals surface area contributed by atoms with Gasteiger partial charge in [-0.25, -0.2) is 0 Å². The van der Waals surface area contributed by atoms with Gasteiger partial charge >= 0.3 is 0 Å². The van der Waals surface area contributed by atoms with Gasteiger partial charge in [0.05, 0.1) is 6.61 Å². The van der Waals surface area contributed by atoms with Gasteiger partial charge in [0, 0.05) is 18.2 Å². The summed E-state index contributed by atoms with van der Waals surface area (Å²) in [6.45, 7) is 8.15. The molecule has 0 aliphatic carbocycles. The van der Waals surface area contributed by atoms with E-state index in [1.165, 1.54) is 0 Å². The summed E-state index contributed by atoms with van der Waals surface area (Å²) in [5.74, 6) is 0.938. The van der Waals surface area contributed by atoms with Gasteiger partial charge in [0.1, 0.15) is 11.5 Å². The van der Waals surface area contributed by atoms with Gasteiger partial charge in [-0.05, 0) is 25.5 Å². The maximum atomic E-state index is 11.4. The number of carbonyl (C=O) groups excluding carboxylic acids is 1. The number of primary amides is 1. The highest BCUT2D eigenvalue weighted by molar-refractivity contribution is 5.79. The minimum Gasteiger partial charge on any atom is -0.493 e. The van der Waals surface area contributed by atoms with Crippen LogP contribution in [0.2, 0.25) is 0 Å². The van der Waals surface area contributed by atoms with E-state index in [4.69, 9.17) is 15.2 Å². The second-order valence-electron chi connectivity index (χ2n) is 4.82. The fourth-order valence-electron chi connectivity index (χ4n) is 1.86. The Hall–Kier alpha value is -1.75. The van der Waals surface area contributed by atoms with E-state index in [1.807, 2.05) is 32.0 Å². The van der Waals surface area contributed by atoms with Gasteiger partial charge in [-0.3, -0.25) is 4.79 Å². The molecule has 0 aromatic heterocycles. The molecule has 0 aliphatic heterocycles. The highest BCUT2D eigenvalue weighted by Gasteiger charge is 2.17. The van der Waals surface area contributed by atoms with Crippen molar-refractivity contribution in [2.75, 3.05) is 13.2 Å². The Morgan fingerprint density at radius 2 is 2.10 bits per heavy atom. The molecule has 3 N–H and O–H groups in total. The van der Waals surface area contributed by atoms with E-state index < -0.39 is 12.0 Å². The normalized spacial score (nSPS) is 12.0. The SMILES string of the molecule is CCCOc1ccc(CNCC)c(OC(CC)C(N)=O)c1. The molecule has 21 heavy (non-hydrogen) atoms. The molecular formula is C16H26N2O3. The molecule has 0 spiro atoms. The summed E-state index contributed by atoms with van der Waals surface area (Å²) in [6.07, 6.45) is 0.858. The van der Waals surface area contributed by atoms with Crippen molar-refractivity contribution in [3.63, 3.8) is 0 Å². The number of carbonyl (C=O) groups is 1. The fraction of sp³-hybridized carbons (Fsp3) is 0.562. The molecule has 1 amide bonds. The van der Waals surface area contributed by atoms with Crippen molar-refractivity contribution in [1.29, 1.82) is 0 Å². The first-order valence-electron chi connectivity index (χ1n) is 7.54. The fourth-order valence-corrected chi connectivity index (χ4v) is 1.86. The first kappa shape index (κ1) is 17.3. The van der Waals surface area contributed by atoms with Crippen molar-refractivity contribution in [3.8, 4) is 11.5 Å². The van der Waals surface area contributed by atoms with Crippen LogP contribution in [0.15, 0.2) is 18.2 Å². The third kappa shape index (κ3) is 5.63. The minimum atomic E-state index is -0.619. The molecule has 0 radical (unpaired) electrons. The van der Waals surface area contributed by atoms with E-state index in [0.29, 0.717) is 25.3 Å². The Morgan fingerprint density at radius 1 is 1.33 bits per heavy atom. The number of amides is 1. The van der Waals surface area contributed by atoms with Crippen molar-refractivity contribution in [3.05, 3.63) is 23.8 Å². The van der Waals surface area contributed by atoms with Crippen molar-refractivity contribution in [2.45, 2.75) is 46.3 Å². The summed E-state index contributed by atoms with van der Waals surface area (Å²) in [4.78, 5) is 11.4. The van der Waals surface area contributed by atoms with Crippen LogP contribution in [0.5, 0.6) is 11.5 Å². The summed E-state index contributed by atoms with van der Waals surface area (Å²) >= 11 is 0. The molecule has 5 heteroatoms. The zero-order valence-electron chi connectivity index (χ0n) is 13.1. The van der Waals surface area contributed by atoms with E-state index in [-0.39, 0.29) is 0 Å². The molecule has 1 rings (SSSR count). The van der Waals surface area contributed by atoms with Crippen LogP contribution < -0.4 is 20.5 Å². The van der Waals surface area contributed by atoms with Crippen LogP contribution in [-0.2, 0) is 11.3 Å². The highest BCUT2D eigenvalue weighted by atomic mass is 16.5. The number of nitrogens with two attached hydrogens (primary N) is 1. The first-order valence-corrected chi connectivity index (χ1v) is 7.54. The molecule has 0 aliphatic rings. The lowest BCUT2D eigenvalue weighted by molar-refractivity contribution is -0.124. The van der Waals surface area contributed by atoms with Gasteiger partial charge in [-0.1, -0.05) is 26.8 Å². The van der Waals surface area contributed by atoms with Gasteiger partial charge < -0.3 is 20.5 Å². The predicted octanol–water partition coefficient (Wildman–Crippen LogP) is 2.23. The third-order valence-electron chi connectivity index (χ3n) is 3.03. The first-order chi connectivity index (χ1) is 10.1. The second kappa shape index (κ2) is 9.23. The second-order valence-corrected chi connectivity index (χ2v) is 4.82. The zero-order valence-corrected chi connectivity index (χ0v) is 13.1. The van der Waals surface area contributed by atoms with Crippen LogP contribution in [0, 0.1) is 0 Å². The lowest BCUT2D eigenvalue weighted by Gasteiger charge is -2.18. The van der Waals surface area contributed by atoms with E-state index in [1.54, 1.807) is 0 Å². The van der Waals surface area contributed by atoms with Crippen LogP contribution in [0.1, 0.15) is 39.2 Å². The van der Waals surface area contributed by atoms with E-state index in [2.05, 4.69) is 12.2 Å². The average Bonchev–Trinajstić information content (AvgIpc) is 2.49. The molecule has 0 saturated heterocycles. The lowest BCUT2D eigenvalue weighted by Crippen LogP contribution is -2.33. The zero-order chi connectivity index (χ0) is 15.7. The molecule has 5 nitrogen and oxygen atoms in total. The Bertz CT molecular complexity index is 449. The largest absolute Gasteiger partial charge is 0.493 e. The van der Waals surface area contributed by atoms with Crippen LogP contribution in [-0.4, -0.2) is 25.2 Å². The molecule has 0 fully saturated rings. The maximum Gasteiger partial charge on any atom is 0.258 e. The number of ether oxygens (including phenoxy) is 2. The molecule has 0 bridgehead atoms. The van der Waals surface area contributed by atoms with Crippen LogP contribution in [0.25, 0.3) is 0 Å². The van der Waals surface area contributed by atoms with Crippen LogP contribution in [0.3, 0.4) is 0 Å². The van der Waals surface area contributed by atoms with Crippen LogP contribution in [0.4, 0.5) is 0 Å². The van der Waals surface area contributed by atoms with Gasteiger partial charge in [0.15, 0.2) is 6.10 Å². The van der Waals surface area contributed by atoms with Crippen molar-refractivity contribution in [1.82, 2.24) is 5.32 Å². The Kier molecular flexibility index (Phi) is 7.61. The predicted molar refractivity (Wildman–Crippen MR) is 83.5 cm³/mol. The summed E-state index contributed by atoms with van der Waals surface area (Å²) in [5.41, 5.74) is 6.34. The van der Waals surface area contributed by atoms with Crippen molar-refractivity contribution >= 4 is 5.91 Å². The molecule has 1 unspecified atom stereocenters. The molecule has 0 heterocycles. The molecular weight excluding hydrogens is 268 g/mol. The molecule has 1 aromatic rings. The summed E-state index contributed by atoms with van der Waals surface area (Å²) in [7, 11) is 0. The molecule has 0 saturated carbocycles. The Labute approximate surface area is 126 Å². The van der Waals surface area contributed by atoms with Gasteiger partial charge in [0.2, 0.25) is 0 Å². The average molecular weight is 294 g/mol. The van der Waals surface area contributed by atoms with Crippen molar-refractivity contribution in [2.24, 2.45) is 5.73 Å². The highest BCUT2D eigenvalue weighted by Crippen LogP contribution is 2.26. The number of benzene rings is 1. The monoisotopic (exact) mass is 294 g/mol. The van der Waals surface area contributed by atoms with E-state index in [0.717, 1.165) is 24.3 Å². The number of rotatable bonds is 10. The summed E-state index contributed by atoms with van der Waals surface area (Å²) in [6, 6.07) is 5.70. The van der Waals surface area contributed by atoms with Gasteiger partial charge in [0.25, 0.3) is 5.91 Å². The van der Waals surface area contributed by atoms with Crippen LogP contribution >= 0.6 is 0 Å². The van der Waals surface area contributed by atoms with Gasteiger partial charge in [-0.2, -0.15) is 0 Å². The van der Waals surface area contributed by atoms with E-state index in [9.17, 15) is 4.79 Å².